The first kappa shape index (κ1) is 13.9. The Labute approximate surface area is 119 Å². The van der Waals surface area contributed by atoms with Crippen molar-refractivity contribution >= 4 is 15.7 Å². The van der Waals surface area contributed by atoms with E-state index in [4.69, 9.17) is 0 Å². The van der Waals surface area contributed by atoms with E-state index in [1.807, 2.05) is 0 Å². The lowest BCUT2D eigenvalue weighted by atomic mass is 10.2. The molecule has 0 bridgehead atoms. The zero-order valence-electron chi connectivity index (χ0n) is 11.2. The Bertz CT molecular complexity index is 580. The lowest BCUT2D eigenvalue weighted by molar-refractivity contribution is 0.164. The smallest absolute Gasteiger partial charge is 0.242 e. The SMILES string of the molecule is O=S(=O)(NC1CC1)c1ccccc1NCC(O)C1CC1. The number of hydrogen-bond donors (Lipinski definition) is 3. The number of sulfonamides is 1. The minimum Gasteiger partial charge on any atom is -0.391 e. The molecule has 3 N–H and O–H groups in total. The number of para-hydroxylation sites is 1. The standard InChI is InChI=1S/C14H20N2O3S/c17-13(10-5-6-10)9-15-12-3-1-2-4-14(12)20(18,19)16-11-7-8-11/h1-4,10-11,13,15-17H,5-9H2. The molecule has 5 nitrogen and oxygen atoms in total. The van der Waals surface area contributed by atoms with E-state index < -0.39 is 16.1 Å². The van der Waals surface area contributed by atoms with Gasteiger partial charge < -0.3 is 10.4 Å². The normalized spacial score (nSPS) is 20.6. The fourth-order valence-electron chi connectivity index (χ4n) is 2.19. The fraction of sp³-hybridized carbons (Fsp3) is 0.571. The second kappa shape index (κ2) is 5.35. The molecule has 2 fully saturated rings. The van der Waals surface area contributed by atoms with Crippen molar-refractivity contribution in [3.8, 4) is 0 Å². The van der Waals surface area contributed by atoms with Crippen molar-refractivity contribution in [2.75, 3.05) is 11.9 Å². The molecule has 1 aromatic carbocycles. The van der Waals surface area contributed by atoms with Gasteiger partial charge in [0.15, 0.2) is 0 Å². The number of aliphatic hydroxyl groups excluding tert-OH is 1. The lowest BCUT2D eigenvalue weighted by Crippen LogP contribution is -2.27. The summed E-state index contributed by atoms with van der Waals surface area (Å²) in [6, 6.07) is 6.92. The van der Waals surface area contributed by atoms with Gasteiger partial charge in [0.2, 0.25) is 10.0 Å². The summed E-state index contributed by atoms with van der Waals surface area (Å²) >= 11 is 0. The summed E-state index contributed by atoms with van der Waals surface area (Å²) < 4.78 is 27.2. The summed E-state index contributed by atoms with van der Waals surface area (Å²) in [5.74, 6) is 0.371. The van der Waals surface area contributed by atoms with Gasteiger partial charge in [-0.25, -0.2) is 13.1 Å². The van der Waals surface area contributed by atoms with Crippen LogP contribution in [-0.2, 0) is 10.0 Å². The Balaban J connectivity index is 1.72. The molecular formula is C14H20N2O3S. The summed E-state index contributed by atoms with van der Waals surface area (Å²) in [6.07, 6.45) is 3.55. The summed E-state index contributed by atoms with van der Waals surface area (Å²) in [4.78, 5) is 0.259. The maximum atomic E-state index is 12.3. The summed E-state index contributed by atoms with van der Waals surface area (Å²) in [5, 5.41) is 12.9. The molecule has 1 aromatic rings. The molecule has 0 amide bonds. The van der Waals surface area contributed by atoms with Gasteiger partial charge in [0.05, 0.1) is 11.8 Å². The van der Waals surface area contributed by atoms with E-state index in [1.54, 1.807) is 24.3 Å². The first-order chi connectivity index (χ1) is 9.56. The molecular weight excluding hydrogens is 276 g/mol. The minimum atomic E-state index is -3.47. The number of benzene rings is 1. The third-order valence-electron chi connectivity index (χ3n) is 3.74. The third kappa shape index (κ3) is 3.31. The van der Waals surface area contributed by atoms with Crippen LogP contribution in [0.15, 0.2) is 29.2 Å². The predicted octanol–water partition coefficient (Wildman–Crippen LogP) is 1.31. The maximum Gasteiger partial charge on any atom is 0.242 e. The predicted molar refractivity (Wildman–Crippen MR) is 77.0 cm³/mol. The molecule has 2 saturated carbocycles. The number of rotatable bonds is 7. The van der Waals surface area contributed by atoms with E-state index in [1.165, 1.54) is 0 Å². The van der Waals surface area contributed by atoms with Crippen LogP contribution < -0.4 is 10.0 Å². The lowest BCUT2D eigenvalue weighted by Gasteiger charge is -2.15. The zero-order valence-corrected chi connectivity index (χ0v) is 12.1. The van der Waals surface area contributed by atoms with Gasteiger partial charge in [-0.1, -0.05) is 12.1 Å². The van der Waals surface area contributed by atoms with Crippen LogP contribution in [0.25, 0.3) is 0 Å². The molecule has 0 spiro atoms. The highest BCUT2D eigenvalue weighted by Crippen LogP contribution is 2.33. The molecule has 20 heavy (non-hydrogen) atoms. The van der Waals surface area contributed by atoms with E-state index in [0.717, 1.165) is 25.7 Å². The van der Waals surface area contributed by atoms with E-state index in [0.29, 0.717) is 18.2 Å². The van der Waals surface area contributed by atoms with Crippen LogP contribution >= 0.6 is 0 Å². The highest BCUT2D eigenvalue weighted by molar-refractivity contribution is 7.89. The molecule has 1 unspecified atom stereocenters. The molecule has 0 aromatic heterocycles. The van der Waals surface area contributed by atoms with Crippen LogP contribution in [-0.4, -0.2) is 32.2 Å². The van der Waals surface area contributed by atoms with Gasteiger partial charge >= 0.3 is 0 Å². The summed E-state index contributed by atoms with van der Waals surface area (Å²) in [7, 11) is -3.47. The van der Waals surface area contributed by atoms with Gasteiger partial charge in [-0.15, -0.1) is 0 Å². The van der Waals surface area contributed by atoms with Gasteiger partial charge in [0.1, 0.15) is 4.90 Å². The van der Waals surface area contributed by atoms with Crippen molar-refractivity contribution in [2.24, 2.45) is 5.92 Å². The average molecular weight is 296 g/mol. The topological polar surface area (TPSA) is 78.4 Å². The second-order valence-electron chi connectivity index (χ2n) is 5.68. The average Bonchev–Trinajstić information content (AvgIpc) is 3.28. The monoisotopic (exact) mass is 296 g/mol. The first-order valence-corrected chi connectivity index (χ1v) is 8.58. The molecule has 2 aliphatic carbocycles. The van der Waals surface area contributed by atoms with Crippen LogP contribution in [0.3, 0.4) is 0 Å². The van der Waals surface area contributed by atoms with Gasteiger partial charge in [-0.2, -0.15) is 0 Å². The van der Waals surface area contributed by atoms with E-state index in [9.17, 15) is 13.5 Å². The number of hydrogen-bond acceptors (Lipinski definition) is 4. The largest absolute Gasteiger partial charge is 0.391 e. The van der Waals surface area contributed by atoms with Crippen molar-refractivity contribution in [1.29, 1.82) is 0 Å². The Morgan fingerprint density at radius 1 is 1.20 bits per heavy atom. The Morgan fingerprint density at radius 2 is 1.90 bits per heavy atom. The van der Waals surface area contributed by atoms with Crippen molar-refractivity contribution in [3.05, 3.63) is 24.3 Å². The zero-order chi connectivity index (χ0) is 14.2. The van der Waals surface area contributed by atoms with E-state index in [-0.39, 0.29) is 10.9 Å². The fourth-order valence-corrected chi connectivity index (χ4v) is 3.68. The van der Waals surface area contributed by atoms with Gasteiger partial charge in [-0.05, 0) is 43.7 Å². The number of aliphatic hydroxyl groups is 1. The van der Waals surface area contributed by atoms with Crippen molar-refractivity contribution < 1.29 is 13.5 Å². The third-order valence-corrected chi connectivity index (χ3v) is 5.32. The van der Waals surface area contributed by atoms with E-state index in [2.05, 4.69) is 10.0 Å². The quantitative estimate of drug-likeness (QED) is 0.709. The summed E-state index contributed by atoms with van der Waals surface area (Å²) in [6.45, 7) is 0.390. The molecule has 1 atom stereocenters. The van der Waals surface area contributed by atoms with Crippen LogP contribution in [0.2, 0.25) is 0 Å². The maximum absolute atomic E-state index is 12.3. The highest BCUT2D eigenvalue weighted by Gasteiger charge is 2.31. The molecule has 3 rings (SSSR count). The molecule has 110 valence electrons. The van der Waals surface area contributed by atoms with Crippen molar-refractivity contribution in [2.45, 2.75) is 42.7 Å². The van der Waals surface area contributed by atoms with Crippen LogP contribution in [0.4, 0.5) is 5.69 Å². The molecule has 6 heteroatoms. The Hall–Kier alpha value is -1.11. The highest BCUT2D eigenvalue weighted by atomic mass is 32.2. The van der Waals surface area contributed by atoms with Crippen molar-refractivity contribution in [1.82, 2.24) is 4.72 Å². The van der Waals surface area contributed by atoms with E-state index >= 15 is 0 Å². The van der Waals surface area contributed by atoms with Crippen LogP contribution in [0.5, 0.6) is 0 Å². The number of nitrogens with one attached hydrogen (secondary N) is 2. The minimum absolute atomic E-state index is 0.0881. The van der Waals surface area contributed by atoms with Gasteiger partial charge in [0.25, 0.3) is 0 Å². The van der Waals surface area contributed by atoms with Crippen molar-refractivity contribution in [3.63, 3.8) is 0 Å². The molecule has 2 aliphatic rings. The Morgan fingerprint density at radius 3 is 2.55 bits per heavy atom. The van der Waals surface area contributed by atoms with Crippen LogP contribution in [0.1, 0.15) is 25.7 Å². The van der Waals surface area contributed by atoms with Gasteiger partial charge in [-0.3, -0.25) is 0 Å². The first-order valence-electron chi connectivity index (χ1n) is 7.09. The molecule has 0 aliphatic heterocycles. The van der Waals surface area contributed by atoms with Crippen LogP contribution in [0, 0.1) is 5.92 Å². The molecule has 0 saturated heterocycles. The summed E-state index contributed by atoms with van der Waals surface area (Å²) in [5.41, 5.74) is 0.556. The molecule has 0 radical (unpaired) electrons. The van der Waals surface area contributed by atoms with Gasteiger partial charge in [0, 0.05) is 12.6 Å². The molecule has 0 heterocycles. The Kier molecular flexibility index (Phi) is 3.70. The number of anilines is 1. The second-order valence-corrected chi connectivity index (χ2v) is 7.36.